The van der Waals surface area contributed by atoms with Crippen molar-refractivity contribution in [3.63, 3.8) is 0 Å². The molecule has 3 aromatic rings. The molecule has 32 heavy (non-hydrogen) atoms. The number of nitrogens with zero attached hydrogens (tertiary/aromatic N) is 4. The van der Waals surface area contributed by atoms with Crippen molar-refractivity contribution in [1.82, 2.24) is 14.5 Å². The largest absolute Gasteiger partial charge is 0.460 e. The van der Waals surface area contributed by atoms with Gasteiger partial charge in [-0.25, -0.2) is 9.78 Å². The molecule has 4 rings (SSSR count). The van der Waals surface area contributed by atoms with Crippen molar-refractivity contribution < 1.29 is 19.1 Å². The van der Waals surface area contributed by atoms with Crippen LogP contribution in [0.25, 0.3) is 16.7 Å². The van der Waals surface area contributed by atoms with Gasteiger partial charge >= 0.3 is 5.97 Å². The van der Waals surface area contributed by atoms with E-state index in [0.717, 1.165) is 48.6 Å². The number of benzene rings is 2. The lowest BCUT2D eigenvalue weighted by molar-refractivity contribution is -0.119. The van der Waals surface area contributed by atoms with Crippen LogP contribution in [-0.2, 0) is 14.3 Å². The van der Waals surface area contributed by atoms with Crippen LogP contribution in [0.2, 0.25) is 0 Å². The first-order valence-corrected chi connectivity index (χ1v) is 10.5. The first-order chi connectivity index (χ1) is 15.5. The quantitative estimate of drug-likeness (QED) is 0.420. The molecule has 1 fully saturated rings. The summed E-state index contributed by atoms with van der Waals surface area (Å²) in [6, 6.07) is 13.6. The Hall–Kier alpha value is -3.43. The summed E-state index contributed by atoms with van der Waals surface area (Å²) in [6.45, 7) is 4.13. The van der Waals surface area contributed by atoms with E-state index in [1.54, 1.807) is 25.6 Å². The second kappa shape index (κ2) is 9.80. The molecule has 0 aliphatic carbocycles. The highest BCUT2D eigenvalue weighted by atomic mass is 16.6. The monoisotopic (exact) mass is 437 g/mol. The van der Waals surface area contributed by atoms with Crippen LogP contribution in [0.15, 0.2) is 48.8 Å². The van der Waals surface area contributed by atoms with Crippen molar-refractivity contribution in [2.75, 3.05) is 57.9 Å². The van der Waals surface area contributed by atoms with Gasteiger partial charge < -0.3 is 20.1 Å². The van der Waals surface area contributed by atoms with Gasteiger partial charge in [0, 0.05) is 44.7 Å². The first kappa shape index (κ1) is 21.8. The summed E-state index contributed by atoms with van der Waals surface area (Å²) < 4.78 is 12.1. The molecular formula is C23H27N5O4. The van der Waals surface area contributed by atoms with E-state index in [1.807, 2.05) is 22.8 Å². The number of carbonyl (C=O) groups excluding carboxylic acids is 2. The predicted molar refractivity (Wildman–Crippen MR) is 121 cm³/mol. The van der Waals surface area contributed by atoms with Crippen molar-refractivity contribution in [3.05, 3.63) is 54.4 Å². The van der Waals surface area contributed by atoms with Crippen LogP contribution in [0, 0.1) is 0 Å². The highest BCUT2D eigenvalue weighted by Crippen LogP contribution is 2.24. The third-order valence-electron chi connectivity index (χ3n) is 5.53. The summed E-state index contributed by atoms with van der Waals surface area (Å²) in [5.41, 5.74) is 9.49. The molecule has 1 saturated heterocycles. The van der Waals surface area contributed by atoms with Gasteiger partial charge in [0.1, 0.15) is 12.9 Å². The number of rotatable bonds is 8. The smallest absolute Gasteiger partial charge is 0.338 e. The molecule has 1 aliphatic heterocycles. The highest BCUT2D eigenvalue weighted by Gasteiger charge is 2.19. The van der Waals surface area contributed by atoms with Crippen LogP contribution < -0.4 is 10.6 Å². The number of anilines is 1. The molecular weight excluding hydrogens is 410 g/mol. The number of carbonyl (C=O) groups is 2. The molecule has 1 amide bonds. The van der Waals surface area contributed by atoms with Crippen molar-refractivity contribution in [3.8, 4) is 5.69 Å². The fraction of sp³-hybridized carbons (Fsp3) is 0.348. The van der Waals surface area contributed by atoms with Gasteiger partial charge in [-0.05, 0) is 36.4 Å². The van der Waals surface area contributed by atoms with Crippen LogP contribution in [0.4, 0.5) is 5.69 Å². The van der Waals surface area contributed by atoms with Gasteiger partial charge in [0.05, 0.1) is 29.7 Å². The number of hydrogen-bond donors (Lipinski definition) is 1. The molecule has 0 atom stereocenters. The van der Waals surface area contributed by atoms with Gasteiger partial charge in [0.2, 0.25) is 5.91 Å². The number of ether oxygens (including phenoxy) is 2. The van der Waals surface area contributed by atoms with E-state index in [4.69, 9.17) is 15.2 Å². The molecule has 0 unspecified atom stereocenters. The molecule has 9 nitrogen and oxygen atoms in total. The third kappa shape index (κ3) is 4.90. The van der Waals surface area contributed by atoms with Crippen LogP contribution >= 0.6 is 0 Å². The number of primary amides is 1. The lowest BCUT2D eigenvalue weighted by Crippen LogP contribution is -2.48. The third-order valence-corrected chi connectivity index (χ3v) is 5.53. The molecule has 9 heteroatoms. The second-order valence-electron chi connectivity index (χ2n) is 7.70. The van der Waals surface area contributed by atoms with E-state index in [2.05, 4.69) is 26.9 Å². The van der Waals surface area contributed by atoms with Crippen LogP contribution in [-0.4, -0.2) is 79.4 Å². The Morgan fingerprint density at radius 3 is 2.56 bits per heavy atom. The Labute approximate surface area is 186 Å². The minimum Gasteiger partial charge on any atom is -0.460 e. The maximum atomic E-state index is 12.2. The number of methoxy groups -OCH3 is 1. The molecule has 1 aromatic heterocycles. The second-order valence-corrected chi connectivity index (χ2v) is 7.70. The van der Waals surface area contributed by atoms with Crippen LogP contribution in [0.5, 0.6) is 0 Å². The summed E-state index contributed by atoms with van der Waals surface area (Å²) in [5.74, 6) is -0.685. The summed E-state index contributed by atoms with van der Waals surface area (Å²) >= 11 is 0. The van der Waals surface area contributed by atoms with Gasteiger partial charge in [-0.2, -0.15) is 0 Å². The van der Waals surface area contributed by atoms with E-state index in [1.165, 1.54) is 0 Å². The molecule has 1 aliphatic rings. The maximum Gasteiger partial charge on any atom is 0.338 e. The average Bonchev–Trinajstić information content (AvgIpc) is 3.23. The van der Waals surface area contributed by atoms with Crippen LogP contribution in [0.3, 0.4) is 0 Å². The fourth-order valence-electron chi connectivity index (χ4n) is 3.87. The van der Waals surface area contributed by atoms with Gasteiger partial charge in [0.25, 0.3) is 0 Å². The highest BCUT2D eigenvalue weighted by molar-refractivity contribution is 5.94. The summed E-state index contributed by atoms with van der Waals surface area (Å²) in [4.78, 5) is 32.2. The van der Waals surface area contributed by atoms with Crippen LogP contribution in [0.1, 0.15) is 10.4 Å². The molecule has 2 aromatic carbocycles. The summed E-state index contributed by atoms with van der Waals surface area (Å²) in [5, 5.41) is 0. The average molecular weight is 438 g/mol. The lowest BCUT2D eigenvalue weighted by Gasteiger charge is -2.35. The van der Waals surface area contributed by atoms with Gasteiger partial charge in [0.15, 0.2) is 0 Å². The number of hydrogen-bond acceptors (Lipinski definition) is 7. The van der Waals surface area contributed by atoms with Crippen molar-refractivity contribution in [2.45, 2.75) is 0 Å². The fourth-order valence-corrected chi connectivity index (χ4v) is 3.87. The van der Waals surface area contributed by atoms with Crippen molar-refractivity contribution >= 4 is 28.6 Å². The Morgan fingerprint density at radius 1 is 1.03 bits per heavy atom. The van der Waals surface area contributed by atoms with E-state index in [-0.39, 0.29) is 12.5 Å². The number of amides is 1. The Bertz CT molecular complexity index is 1100. The van der Waals surface area contributed by atoms with Gasteiger partial charge in [-0.15, -0.1) is 0 Å². The number of imidazole rings is 1. The Morgan fingerprint density at radius 2 is 1.81 bits per heavy atom. The zero-order valence-corrected chi connectivity index (χ0v) is 18.1. The number of fused-ring (bicyclic) bond motifs is 1. The molecule has 0 spiro atoms. The van der Waals surface area contributed by atoms with E-state index in [0.29, 0.717) is 18.7 Å². The molecule has 0 saturated carbocycles. The zero-order valence-electron chi connectivity index (χ0n) is 18.1. The molecule has 2 N–H and O–H groups in total. The standard InChI is InChI=1S/C23H27N5O4/c1-31-11-12-32-23(30)17-5-6-21-20(13-17)25-16-28(21)19-4-2-3-18(14-19)27-9-7-26(8-10-27)15-22(24)29/h2-6,13-14,16H,7-12,15H2,1H3,(H2,24,29). The number of nitrogens with two attached hydrogens (primary N) is 1. The number of aromatic nitrogens is 2. The predicted octanol–water partition coefficient (Wildman–Crippen LogP) is 1.44. The number of piperazine rings is 1. The van der Waals surface area contributed by atoms with E-state index in [9.17, 15) is 9.59 Å². The lowest BCUT2D eigenvalue weighted by atomic mass is 10.2. The Balaban J connectivity index is 1.50. The Kier molecular flexibility index (Phi) is 6.67. The summed E-state index contributed by atoms with van der Waals surface area (Å²) in [7, 11) is 1.56. The van der Waals surface area contributed by atoms with Crippen molar-refractivity contribution in [2.24, 2.45) is 5.73 Å². The maximum absolute atomic E-state index is 12.2. The first-order valence-electron chi connectivity index (χ1n) is 10.5. The molecule has 0 radical (unpaired) electrons. The molecule has 2 heterocycles. The minimum absolute atomic E-state index is 0.214. The molecule has 0 bridgehead atoms. The number of esters is 1. The van der Waals surface area contributed by atoms with Crippen molar-refractivity contribution in [1.29, 1.82) is 0 Å². The van der Waals surface area contributed by atoms with Gasteiger partial charge in [-0.1, -0.05) is 6.07 Å². The summed E-state index contributed by atoms with van der Waals surface area (Å²) in [6.07, 6.45) is 1.76. The van der Waals surface area contributed by atoms with E-state index < -0.39 is 5.97 Å². The zero-order chi connectivity index (χ0) is 22.5. The topological polar surface area (TPSA) is 103 Å². The SMILES string of the molecule is COCCOC(=O)c1ccc2c(c1)ncn2-c1cccc(N2CCN(CC(N)=O)CC2)c1. The normalized spacial score (nSPS) is 14.6. The molecule has 168 valence electrons. The van der Waals surface area contributed by atoms with Gasteiger partial charge in [-0.3, -0.25) is 14.3 Å². The minimum atomic E-state index is -0.393. The van der Waals surface area contributed by atoms with E-state index >= 15 is 0 Å².